The van der Waals surface area contributed by atoms with E-state index in [9.17, 15) is 0 Å². The van der Waals surface area contributed by atoms with Crippen LogP contribution in [0.3, 0.4) is 0 Å². The van der Waals surface area contributed by atoms with Crippen molar-refractivity contribution in [3.05, 3.63) is 24.3 Å². The Kier molecular flexibility index (Phi) is 8.12. The molecule has 1 aromatic rings. The molecule has 0 aliphatic carbocycles. The summed E-state index contributed by atoms with van der Waals surface area (Å²) in [5.74, 6) is 2.39. The van der Waals surface area contributed by atoms with Gasteiger partial charge >= 0.3 is 0 Å². The molecule has 0 amide bonds. The van der Waals surface area contributed by atoms with Crippen LogP contribution in [0.5, 0.6) is 11.5 Å². The van der Waals surface area contributed by atoms with E-state index in [-0.39, 0.29) is 0 Å². The van der Waals surface area contributed by atoms with E-state index in [2.05, 4.69) is 26.1 Å². The molecule has 0 aliphatic heterocycles. The Morgan fingerprint density at radius 1 is 1.00 bits per heavy atom. The van der Waals surface area contributed by atoms with Crippen molar-refractivity contribution in [2.45, 2.75) is 46.6 Å². The lowest BCUT2D eigenvalue weighted by molar-refractivity contribution is 0.262. The first-order chi connectivity index (χ1) is 9.72. The van der Waals surface area contributed by atoms with Gasteiger partial charge < -0.3 is 14.8 Å². The average molecular weight is 279 g/mol. The van der Waals surface area contributed by atoms with Gasteiger partial charge in [0.2, 0.25) is 0 Å². The summed E-state index contributed by atoms with van der Waals surface area (Å²) in [4.78, 5) is 0. The monoisotopic (exact) mass is 279 g/mol. The van der Waals surface area contributed by atoms with Gasteiger partial charge in [0.1, 0.15) is 6.61 Å². The normalized spacial score (nSPS) is 12.4. The Bertz CT molecular complexity index is 364. The van der Waals surface area contributed by atoms with E-state index in [0.717, 1.165) is 24.0 Å². The zero-order valence-electron chi connectivity index (χ0n) is 13.3. The number of hydrogen-bond acceptors (Lipinski definition) is 3. The Morgan fingerprint density at radius 2 is 1.60 bits per heavy atom. The molecule has 1 N–H and O–H groups in total. The maximum atomic E-state index is 5.80. The quantitative estimate of drug-likeness (QED) is 0.659. The maximum Gasteiger partial charge on any atom is 0.161 e. The molecule has 0 aromatic heterocycles. The molecule has 3 nitrogen and oxygen atoms in total. The van der Waals surface area contributed by atoms with E-state index < -0.39 is 0 Å². The SMILES string of the molecule is CCOc1ccccc1OCCNC(C)C(CC)CC. The van der Waals surface area contributed by atoms with Crippen molar-refractivity contribution in [3.63, 3.8) is 0 Å². The zero-order valence-corrected chi connectivity index (χ0v) is 13.3. The molecule has 0 fully saturated rings. The number of rotatable bonds is 10. The van der Waals surface area contributed by atoms with Gasteiger partial charge in [0.25, 0.3) is 0 Å². The molecule has 0 radical (unpaired) electrons. The van der Waals surface area contributed by atoms with Crippen molar-refractivity contribution in [1.82, 2.24) is 5.32 Å². The summed E-state index contributed by atoms with van der Waals surface area (Å²) >= 11 is 0. The van der Waals surface area contributed by atoms with Crippen LogP contribution in [-0.2, 0) is 0 Å². The second-order valence-electron chi connectivity index (χ2n) is 5.05. The molecule has 0 bridgehead atoms. The Hall–Kier alpha value is -1.22. The fourth-order valence-electron chi connectivity index (χ4n) is 2.45. The molecule has 114 valence electrons. The topological polar surface area (TPSA) is 30.5 Å². The van der Waals surface area contributed by atoms with Gasteiger partial charge in [-0.2, -0.15) is 0 Å². The summed E-state index contributed by atoms with van der Waals surface area (Å²) in [5.41, 5.74) is 0. The van der Waals surface area contributed by atoms with Crippen LogP contribution in [0.1, 0.15) is 40.5 Å². The van der Waals surface area contributed by atoms with Crippen molar-refractivity contribution in [3.8, 4) is 11.5 Å². The number of para-hydroxylation sites is 2. The minimum Gasteiger partial charge on any atom is -0.490 e. The second kappa shape index (κ2) is 9.65. The van der Waals surface area contributed by atoms with Gasteiger partial charge in [0.15, 0.2) is 11.5 Å². The second-order valence-corrected chi connectivity index (χ2v) is 5.05. The summed E-state index contributed by atoms with van der Waals surface area (Å²) in [6.07, 6.45) is 2.44. The lowest BCUT2D eigenvalue weighted by Crippen LogP contribution is -2.35. The maximum absolute atomic E-state index is 5.80. The lowest BCUT2D eigenvalue weighted by atomic mass is 9.96. The van der Waals surface area contributed by atoms with Gasteiger partial charge in [0.05, 0.1) is 6.61 Å². The fourth-order valence-corrected chi connectivity index (χ4v) is 2.45. The van der Waals surface area contributed by atoms with E-state index in [1.165, 1.54) is 12.8 Å². The van der Waals surface area contributed by atoms with Gasteiger partial charge in [0, 0.05) is 12.6 Å². The third kappa shape index (κ3) is 5.41. The van der Waals surface area contributed by atoms with Crippen molar-refractivity contribution < 1.29 is 9.47 Å². The molecule has 20 heavy (non-hydrogen) atoms. The van der Waals surface area contributed by atoms with Gasteiger partial charge in [-0.1, -0.05) is 38.8 Å². The predicted octanol–water partition coefficient (Wildman–Crippen LogP) is 3.88. The number of nitrogens with one attached hydrogen (secondary N) is 1. The Balaban J connectivity index is 2.34. The Morgan fingerprint density at radius 3 is 2.15 bits per heavy atom. The van der Waals surface area contributed by atoms with E-state index in [1.807, 2.05) is 31.2 Å². The van der Waals surface area contributed by atoms with Crippen LogP contribution in [0.4, 0.5) is 0 Å². The third-order valence-corrected chi connectivity index (χ3v) is 3.73. The first kappa shape index (κ1) is 16.8. The molecule has 1 aromatic carbocycles. The number of hydrogen-bond donors (Lipinski definition) is 1. The molecule has 0 saturated heterocycles. The summed E-state index contributed by atoms with van der Waals surface area (Å²) in [5, 5.41) is 3.54. The van der Waals surface area contributed by atoms with Crippen molar-refractivity contribution in [2.24, 2.45) is 5.92 Å². The fraction of sp³-hybridized carbons (Fsp3) is 0.647. The smallest absolute Gasteiger partial charge is 0.161 e. The molecule has 1 unspecified atom stereocenters. The van der Waals surface area contributed by atoms with Crippen LogP contribution in [0.2, 0.25) is 0 Å². The van der Waals surface area contributed by atoms with Gasteiger partial charge in [-0.25, -0.2) is 0 Å². The minimum atomic E-state index is 0.538. The van der Waals surface area contributed by atoms with E-state index >= 15 is 0 Å². The average Bonchev–Trinajstić information content (AvgIpc) is 2.47. The molecule has 0 spiro atoms. The molecular weight excluding hydrogens is 250 g/mol. The first-order valence-electron chi connectivity index (χ1n) is 7.80. The van der Waals surface area contributed by atoms with Crippen molar-refractivity contribution >= 4 is 0 Å². The van der Waals surface area contributed by atoms with Gasteiger partial charge in [-0.3, -0.25) is 0 Å². The summed E-state index contributed by atoms with van der Waals surface area (Å²) in [6.45, 7) is 10.9. The molecular formula is C17H29NO2. The van der Waals surface area contributed by atoms with Crippen LogP contribution in [0.25, 0.3) is 0 Å². The Labute approximate surface area is 123 Å². The highest BCUT2D eigenvalue weighted by Crippen LogP contribution is 2.26. The van der Waals surface area contributed by atoms with Crippen LogP contribution >= 0.6 is 0 Å². The van der Waals surface area contributed by atoms with Crippen LogP contribution in [-0.4, -0.2) is 25.8 Å². The zero-order chi connectivity index (χ0) is 14.8. The molecule has 0 saturated carbocycles. The highest BCUT2D eigenvalue weighted by Gasteiger charge is 2.12. The summed E-state index contributed by atoms with van der Waals surface area (Å²) in [6, 6.07) is 8.37. The van der Waals surface area contributed by atoms with Crippen LogP contribution in [0, 0.1) is 5.92 Å². The van der Waals surface area contributed by atoms with Gasteiger partial charge in [-0.05, 0) is 31.9 Å². The van der Waals surface area contributed by atoms with Crippen molar-refractivity contribution in [1.29, 1.82) is 0 Å². The summed E-state index contributed by atoms with van der Waals surface area (Å²) in [7, 11) is 0. The largest absolute Gasteiger partial charge is 0.490 e. The van der Waals surface area contributed by atoms with Crippen LogP contribution < -0.4 is 14.8 Å². The van der Waals surface area contributed by atoms with E-state index in [1.54, 1.807) is 0 Å². The highest BCUT2D eigenvalue weighted by atomic mass is 16.5. The molecule has 3 heteroatoms. The minimum absolute atomic E-state index is 0.538. The molecule has 1 rings (SSSR count). The third-order valence-electron chi connectivity index (χ3n) is 3.73. The van der Waals surface area contributed by atoms with E-state index in [0.29, 0.717) is 19.3 Å². The van der Waals surface area contributed by atoms with Crippen LogP contribution in [0.15, 0.2) is 24.3 Å². The molecule has 0 heterocycles. The van der Waals surface area contributed by atoms with E-state index in [4.69, 9.17) is 9.47 Å². The highest BCUT2D eigenvalue weighted by molar-refractivity contribution is 5.39. The molecule has 0 aliphatic rings. The van der Waals surface area contributed by atoms with Gasteiger partial charge in [-0.15, -0.1) is 0 Å². The molecule has 1 atom stereocenters. The standard InChI is InChI=1S/C17H29NO2/c1-5-15(6-2)14(4)18-12-13-20-17-11-9-8-10-16(17)19-7-3/h8-11,14-15,18H,5-7,12-13H2,1-4H3. The summed E-state index contributed by atoms with van der Waals surface area (Å²) < 4.78 is 11.3. The first-order valence-corrected chi connectivity index (χ1v) is 7.80. The number of benzene rings is 1. The van der Waals surface area contributed by atoms with Crippen molar-refractivity contribution in [2.75, 3.05) is 19.8 Å². The lowest BCUT2D eigenvalue weighted by Gasteiger charge is -2.22. The number of ether oxygens (including phenoxy) is 2. The predicted molar refractivity (Wildman–Crippen MR) is 84.6 cm³/mol.